The summed E-state index contributed by atoms with van der Waals surface area (Å²) >= 11 is 0. The van der Waals surface area contributed by atoms with E-state index in [9.17, 15) is 9.90 Å². The summed E-state index contributed by atoms with van der Waals surface area (Å²) in [6, 6.07) is 22.9. The van der Waals surface area contributed by atoms with Crippen LogP contribution < -0.4 is 15.1 Å². The van der Waals surface area contributed by atoms with Crippen molar-refractivity contribution in [1.82, 2.24) is 4.98 Å². The average Bonchev–Trinajstić information content (AvgIpc) is 3.14. The summed E-state index contributed by atoms with van der Waals surface area (Å²) in [6.07, 6.45) is 2.29. The maximum Gasteiger partial charge on any atom is 0.345 e. The topological polar surface area (TPSA) is 119 Å². The second kappa shape index (κ2) is 12.9. The first-order chi connectivity index (χ1) is 24.6. The molecule has 1 N–H and O–H groups in total. The summed E-state index contributed by atoms with van der Waals surface area (Å²) in [5, 5.41) is 12.5. The average molecular weight is 696 g/mol. The van der Waals surface area contributed by atoms with E-state index in [2.05, 4.69) is 18.8 Å². The molecule has 0 bridgehead atoms. The van der Waals surface area contributed by atoms with Crippen LogP contribution in [0.2, 0.25) is 0 Å². The largest absolute Gasteiger partial charge is 0.497 e. The lowest BCUT2D eigenvalue weighted by Crippen LogP contribution is -2.71. The van der Waals surface area contributed by atoms with Gasteiger partial charge in [0, 0.05) is 53.6 Å². The van der Waals surface area contributed by atoms with Crippen LogP contribution in [0.15, 0.2) is 94.4 Å². The molecule has 2 aliphatic heterocycles. The molecule has 1 unspecified atom stereocenters. The predicted molar refractivity (Wildman–Crippen MR) is 187 cm³/mol. The van der Waals surface area contributed by atoms with Crippen LogP contribution >= 0.6 is 0 Å². The maximum absolute atomic E-state index is 13.8. The van der Waals surface area contributed by atoms with E-state index in [-0.39, 0.29) is 23.3 Å². The van der Waals surface area contributed by atoms with Gasteiger partial charge in [0.15, 0.2) is 12.6 Å². The fourth-order valence-electron chi connectivity index (χ4n) is 9.84. The number of rotatable bonds is 7. The van der Waals surface area contributed by atoms with E-state index < -0.39 is 52.8 Å². The standard InChI is InChI=1S/C41H45NO9/c1-39-18-17-31-40(2,23-47-38(49-31)24-10-7-6-8-11-24)30(39)21-32(50-37(46-5)25-13-15-27(45-4)16-14-25)41(3)35(39)34(43)33-29(51-41)20-28(48-36(33)44)26-12-9-19-42-22-26/h6-16,19-20,22,30-32,34-35,37-38,43H,17-18,21,23H2,1-5H3/t30-,31+,32+,34+,35-,37?,38-,39+,40+,41-/m1/s1. The molecule has 0 amide bonds. The summed E-state index contributed by atoms with van der Waals surface area (Å²) in [7, 11) is 3.24. The van der Waals surface area contributed by atoms with Gasteiger partial charge in [-0.1, -0.05) is 56.3 Å². The number of fused-ring (bicyclic) bond motifs is 6. The highest BCUT2D eigenvalue weighted by Gasteiger charge is 2.70. The highest BCUT2D eigenvalue weighted by atomic mass is 16.7. The molecule has 2 aromatic carbocycles. The van der Waals surface area contributed by atoms with Crippen LogP contribution in [-0.4, -0.2) is 48.7 Å². The van der Waals surface area contributed by atoms with Crippen molar-refractivity contribution < 1.29 is 37.9 Å². The molecule has 4 heterocycles. The normalized spacial score (nSPS) is 34.5. The van der Waals surface area contributed by atoms with E-state index in [1.165, 1.54) is 0 Å². The summed E-state index contributed by atoms with van der Waals surface area (Å²) < 4.78 is 44.5. The van der Waals surface area contributed by atoms with Crippen molar-refractivity contribution in [1.29, 1.82) is 0 Å². The van der Waals surface area contributed by atoms with Crippen molar-refractivity contribution in [2.45, 2.75) is 76.5 Å². The minimum absolute atomic E-state index is 0.0431. The number of ether oxygens (including phenoxy) is 6. The zero-order valence-corrected chi connectivity index (χ0v) is 29.6. The number of nitrogens with zero attached hydrogens (tertiary/aromatic N) is 1. The lowest BCUT2D eigenvalue weighted by Gasteiger charge is -2.68. The number of hydrogen-bond acceptors (Lipinski definition) is 10. The maximum atomic E-state index is 13.8. The Hall–Kier alpha value is -4.06. The van der Waals surface area contributed by atoms with E-state index >= 15 is 0 Å². The van der Waals surface area contributed by atoms with E-state index in [0.717, 1.165) is 29.7 Å². The van der Waals surface area contributed by atoms with Crippen LogP contribution in [0.25, 0.3) is 11.3 Å². The number of methoxy groups -OCH3 is 2. The molecule has 1 saturated heterocycles. The van der Waals surface area contributed by atoms with Crippen LogP contribution in [0.3, 0.4) is 0 Å². The first kappa shape index (κ1) is 34.0. The van der Waals surface area contributed by atoms with Gasteiger partial charge in [-0.3, -0.25) is 4.98 Å². The lowest BCUT2D eigenvalue weighted by atomic mass is 9.42. The molecule has 268 valence electrons. The highest BCUT2D eigenvalue weighted by Crippen LogP contribution is 2.68. The predicted octanol–water partition coefficient (Wildman–Crippen LogP) is 7.18. The van der Waals surface area contributed by atoms with Crippen molar-refractivity contribution in [2.75, 3.05) is 20.8 Å². The van der Waals surface area contributed by atoms with Crippen LogP contribution in [0.1, 0.15) is 75.4 Å². The summed E-state index contributed by atoms with van der Waals surface area (Å²) in [5.41, 5.74) is -0.0957. The van der Waals surface area contributed by atoms with Crippen LogP contribution in [0, 0.1) is 22.7 Å². The Morgan fingerprint density at radius 1 is 0.980 bits per heavy atom. The Labute approximate surface area is 297 Å². The number of pyridine rings is 1. The van der Waals surface area contributed by atoms with Gasteiger partial charge in [0.05, 0.1) is 25.9 Å². The molecular weight excluding hydrogens is 650 g/mol. The number of aliphatic hydroxyl groups is 1. The molecule has 10 atom stereocenters. The van der Waals surface area contributed by atoms with Crippen molar-refractivity contribution >= 4 is 0 Å². The summed E-state index contributed by atoms with van der Waals surface area (Å²) in [4.78, 5) is 18.0. The molecule has 2 aliphatic carbocycles. The van der Waals surface area contributed by atoms with Gasteiger partial charge in [0.25, 0.3) is 0 Å². The third kappa shape index (κ3) is 5.50. The minimum Gasteiger partial charge on any atom is -0.497 e. The van der Waals surface area contributed by atoms with E-state index in [1.54, 1.807) is 38.7 Å². The van der Waals surface area contributed by atoms with Gasteiger partial charge >= 0.3 is 5.63 Å². The molecule has 51 heavy (non-hydrogen) atoms. The van der Waals surface area contributed by atoms with Crippen LogP contribution in [0.4, 0.5) is 0 Å². The molecule has 10 heteroatoms. The van der Waals surface area contributed by atoms with Crippen LogP contribution in [-0.2, 0) is 18.9 Å². The SMILES string of the molecule is COc1ccc(C(OC)O[C@H]2C[C@H]3[C@]4(C)CO[C@@H](c5ccccc5)O[C@H]4CC[C@]3(C)[C@H]3[C@@H](O)c4c(cc(-c5cccnc5)oc4=O)O[C@]23C)cc1. The van der Waals surface area contributed by atoms with E-state index in [0.29, 0.717) is 24.4 Å². The fraction of sp³-hybridized carbons (Fsp3) is 0.463. The Morgan fingerprint density at radius 3 is 2.47 bits per heavy atom. The Balaban J connectivity index is 1.21. The zero-order valence-electron chi connectivity index (χ0n) is 29.6. The molecule has 4 aromatic rings. The zero-order chi connectivity index (χ0) is 35.5. The monoisotopic (exact) mass is 695 g/mol. The molecule has 4 aliphatic rings. The van der Waals surface area contributed by atoms with E-state index in [4.69, 9.17) is 32.8 Å². The molecule has 3 fully saturated rings. The molecule has 10 nitrogen and oxygen atoms in total. The van der Waals surface area contributed by atoms with E-state index in [1.807, 2.05) is 67.6 Å². The first-order valence-corrected chi connectivity index (χ1v) is 17.7. The lowest BCUT2D eigenvalue weighted by molar-refractivity contribution is -0.340. The summed E-state index contributed by atoms with van der Waals surface area (Å²) in [6.45, 7) is 6.92. The van der Waals surface area contributed by atoms with Crippen LogP contribution in [0.5, 0.6) is 11.5 Å². The molecule has 2 aromatic heterocycles. The van der Waals surface area contributed by atoms with Gasteiger partial charge < -0.3 is 37.9 Å². The van der Waals surface area contributed by atoms with Crippen molar-refractivity contribution in [3.05, 3.63) is 112 Å². The molecule has 0 radical (unpaired) electrons. The van der Waals surface area contributed by atoms with Crippen molar-refractivity contribution in [3.8, 4) is 22.8 Å². The number of hydrogen-bond donors (Lipinski definition) is 1. The third-order valence-corrected chi connectivity index (χ3v) is 12.3. The summed E-state index contributed by atoms with van der Waals surface area (Å²) in [5.74, 6) is 0.717. The second-order valence-corrected chi connectivity index (χ2v) is 15.1. The quantitative estimate of drug-likeness (QED) is 0.199. The Morgan fingerprint density at radius 2 is 1.76 bits per heavy atom. The van der Waals surface area contributed by atoms with Gasteiger partial charge in [0.1, 0.15) is 34.5 Å². The molecule has 0 spiro atoms. The minimum atomic E-state index is -1.19. The van der Waals surface area contributed by atoms with Crippen molar-refractivity contribution in [2.24, 2.45) is 22.7 Å². The Bertz CT molecular complexity index is 1920. The smallest absolute Gasteiger partial charge is 0.345 e. The molecule has 8 rings (SSSR count). The number of aromatic nitrogens is 1. The molecular formula is C41H45NO9. The van der Waals surface area contributed by atoms with Gasteiger partial charge in [-0.25, -0.2) is 4.79 Å². The number of benzene rings is 2. The molecule has 2 saturated carbocycles. The van der Waals surface area contributed by atoms with Gasteiger partial charge in [-0.2, -0.15) is 0 Å². The third-order valence-electron chi connectivity index (χ3n) is 12.3. The Kier molecular flexibility index (Phi) is 8.59. The van der Waals surface area contributed by atoms with Crippen molar-refractivity contribution in [3.63, 3.8) is 0 Å². The fourth-order valence-corrected chi connectivity index (χ4v) is 9.84. The number of aliphatic hydroxyl groups excluding tert-OH is 1. The second-order valence-electron chi connectivity index (χ2n) is 15.1. The van der Waals surface area contributed by atoms with Gasteiger partial charge in [-0.05, 0) is 61.8 Å². The van der Waals surface area contributed by atoms with Gasteiger partial charge in [0.2, 0.25) is 0 Å². The van der Waals surface area contributed by atoms with Gasteiger partial charge in [-0.15, -0.1) is 0 Å². The first-order valence-electron chi connectivity index (χ1n) is 17.7. The highest BCUT2D eigenvalue weighted by molar-refractivity contribution is 5.59.